The lowest BCUT2D eigenvalue weighted by atomic mass is 10.1. The molecule has 20 heavy (non-hydrogen) atoms. The standard InChI is InChI=1S/C15H16BrNO2S/c1-11-6-8-12(9-7-11)14(17)10-20(18,19)15-5-3-2-4-13(15)16/h2-9,14H,10,17H2,1H3. The van der Waals surface area contributed by atoms with Crippen molar-refractivity contribution in [2.45, 2.75) is 17.9 Å². The van der Waals surface area contributed by atoms with Gasteiger partial charge in [-0.1, -0.05) is 42.0 Å². The first-order valence-electron chi connectivity index (χ1n) is 6.19. The lowest BCUT2D eigenvalue weighted by Crippen LogP contribution is -2.22. The topological polar surface area (TPSA) is 60.2 Å². The van der Waals surface area contributed by atoms with Crippen LogP contribution in [-0.2, 0) is 9.84 Å². The third kappa shape index (κ3) is 3.48. The highest BCUT2D eigenvalue weighted by Gasteiger charge is 2.21. The number of halogens is 1. The largest absolute Gasteiger partial charge is 0.323 e. The molecule has 0 saturated carbocycles. The molecule has 0 aliphatic rings. The minimum Gasteiger partial charge on any atom is -0.323 e. The zero-order valence-electron chi connectivity index (χ0n) is 11.1. The molecule has 1 atom stereocenters. The zero-order valence-corrected chi connectivity index (χ0v) is 13.5. The molecule has 0 radical (unpaired) electrons. The second kappa shape index (κ2) is 6.08. The van der Waals surface area contributed by atoms with E-state index in [0.29, 0.717) is 4.47 Å². The van der Waals surface area contributed by atoms with E-state index in [4.69, 9.17) is 5.73 Å². The van der Waals surface area contributed by atoms with E-state index >= 15 is 0 Å². The molecular formula is C15H16BrNO2S. The van der Waals surface area contributed by atoms with E-state index in [0.717, 1.165) is 11.1 Å². The summed E-state index contributed by atoms with van der Waals surface area (Å²) in [7, 11) is -3.42. The quantitative estimate of drug-likeness (QED) is 0.917. The van der Waals surface area contributed by atoms with Gasteiger partial charge in [-0.25, -0.2) is 8.42 Å². The maximum atomic E-state index is 12.4. The number of benzene rings is 2. The fraction of sp³-hybridized carbons (Fsp3) is 0.200. The van der Waals surface area contributed by atoms with E-state index in [1.165, 1.54) is 0 Å². The first-order valence-corrected chi connectivity index (χ1v) is 8.64. The van der Waals surface area contributed by atoms with Crippen LogP contribution in [0.4, 0.5) is 0 Å². The number of rotatable bonds is 4. The van der Waals surface area contributed by atoms with Gasteiger partial charge in [-0.2, -0.15) is 0 Å². The van der Waals surface area contributed by atoms with Crippen molar-refractivity contribution >= 4 is 25.8 Å². The Hall–Kier alpha value is -1.17. The van der Waals surface area contributed by atoms with Gasteiger partial charge in [0.15, 0.2) is 9.84 Å². The van der Waals surface area contributed by atoms with Crippen LogP contribution in [0, 0.1) is 6.92 Å². The summed E-state index contributed by atoms with van der Waals surface area (Å²) in [5, 5.41) is 0. The molecular weight excluding hydrogens is 338 g/mol. The van der Waals surface area contributed by atoms with Gasteiger partial charge in [0, 0.05) is 10.5 Å². The Bertz CT molecular complexity index is 696. The second-order valence-corrected chi connectivity index (χ2v) is 7.59. The van der Waals surface area contributed by atoms with Gasteiger partial charge in [0.05, 0.1) is 10.6 Å². The summed E-state index contributed by atoms with van der Waals surface area (Å²) >= 11 is 3.27. The fourth-order valence-corrected chi connectivity index (χ4v) is 4.45. The minimum absolute atomic E-state index is 0.112. The predicted molar refractivity (Wildman–Crippen MR) is 84.3 cm³/mol. The van der Waals surface area contributed by atoms with Crippen LogP contribution in [0.5, 0.6) is 0 Å². The molecule has 0 amide bonds. The molecule has 2 N–H and O–H groups in total. The van der Waals surface area contributed by atoms with Gasteiger partial charge < -0.3 is 5.73 Å². The summed E-state index contributed by atoms with van der Waals surface area (Å²) in [6, 6.07) is 13.8. The van der Waals surface area contributed by atoms with Gasteiger partial charge in [-0.15, -0.1) is 0 Å². The van der Waals surface area contributed by atoms with Gasteiger partial charge in [-0.3, -0.25) is 0 Å². The monoisotopic (exact) mass is 353 g/mol. The van der Waals surface area contributed by atoms with E-state index < -0.39 is 15.9 Å². The van der Waals surface area contributed by atoms with Crippen molar-refractivity contribution in [1.82, 2.24) is 0 Å². The average Bonchev–Trinajstić information content (AvgIpc) is 2.39. The molecule has 0 fully saturated rings. The van der Waals surface area contributed by atoms with Crippen LogP contribution in [0.25, 0.3) is 0 Å². The summed E-state index contributed by atoms with van der Waals surface area (Å²) in [6.45, 7) is 1.98. The van der Waals surface area contributed by atoms with Crippen molar-refractivity contribution in [1.29, 1.82) is 0 Å². The molecule has 0 heterocycles. The lowest BCUT2D eigenvalue weighted by Gasteiger charge is -2.13. The fourth-order valence-electron chi connectivity index (χ4n) is 1.93. The number of nitrogens with two attached hydrogens (primary N) is 1. The molecule has 0 saturated heterocycles. The highest BCUT2D eigenvalue weighted by Crippen LogP contribution is 2.25. The van der Waals surface area contributed by atoms with Crippen LogP contribution in [-0.4, -0.2) is 14.2 Å². The molecule has 0 aliphatic heterocycles. The third-order valence-electron chi connectivity index (χ3n) is 3.08. The second-order valence-electron chi connectivity index (χ2n) is 4.73. The average molecular weight is 354 g/mol. The van der Waals surface area contributed by atoms with E-state index in [-0.39, 0.29) is 10.6 Å². The van der Waals surface area contributed by atoms with Gasteiger partial charge in [0.2, 0.25) is 0 Å². The first-order chi connectivity index (χ1) is 9.40. The molecule has 0 spiro atoms. The number of aryl methyl sites for hydroxylation is 1. The van der Waals surface area contributed by atoms with Crippen molar-refractivity contribution in [2.75, 3.05) is 5.75 Å². The highest BCUT2D eigenvalue weighted by atomic mass is 79.9. The molecule has 1 unspecified atom stereocenters. The van der Waals surface area contributed by atoms with Crippen molar-refractivity contribution in [2.24, 2.45) is 5.73 Å². The van der Waals surface area contributed by atoms with Gasteiger partial charge in [0.1, 0.15) is 0 Å². The summed E-state index contributed by atoms with van der Waals surface area (Å²) < 4.78 is 25.4. The van der Waals surface area contributed by atoms with Crippen molar-refractivity contribution in [3.8, 4) is 0 Å². The molecule has 0 aliphatic carbocycles. The first kappa shape index (κ1) is 15.2. The van der Waals surface area contributed by atoms with Crippen molar-refractivity contribution in [3.05, 3.63) is 64.1 Å². The molecule has 2 rings (SSSR count). The summed E-state index contributed by atoms with van der Waals surface area (Å²) in [5.41, 5.74) is 7.97. The summed E-state index contributed by atoms with van der Waals surface area (Å²) in [5.74, 6) is -0.112. The number of hydrogen-bond donors (Lipinski definition) is 1. The minimum atomic E-state index is -3.42. The molecule has 0 aromatic heterocycles. The summed E-state index contributed by atoms with van der Waals surface area (Å²) in [4.78, 5) is 0.280. The Morgan fingerprint density at radius 3 is 2.30 bits per heavy atom. The van der Waals surface area contributed by atoms with E-state index in [1.54, 1.807) is 24.3 Å². The van der Waals surface area contributed by atoms with Gasteiger partial charge in [-0.05, 0) is 40.5 Å². The Kier molecular flexibility index (Phi) is 4.62. The molecule has 2 aromatic rings. The number of sulfone groups is 1. The normalized spacial score (nSPS) is 13.2. The van der Waals surface area contributed by atoms with E-state index in [1.807, 2.05) is 31.2 Å². The van der Waals surface area contributed by atoms with Gasteiger partial charge >= 0.3 is 0 Å². The molecule has 0 bridgehead atoms. The van der Waals surface area contributed by atoms with Crippen LogP contribution in [0.1, 0.15) is 17.2 Å². The lowest BCUT2D eigenvalue weighted by molar-refractivity contribution is 0.588. The van der Waals surface area contributed by atoms with Gasteiger partial charge in [0.25, 0.3) is 0 Å². The van der Waals surface area contributed by atoms with E-state index in [9.17, 15) is 8.42 Å². The Balaban J connectivity index is 2.24. The van der Waals surface area contributed by atoms with Crippen molar-refractivity contribution < 1.29 is 8.42 Å². The van der Waals surface area contributed by atoms with Crippen molar-refractivity contribution in [3.63, 3.8) is 0 Å². The third-order valence-corrected chi connectivity index (χ3v) is 5.85. The maximum Gasteiger partial charge on any atom is 0.181 e. The maximum absolute atomic E-state index is 12.4. The van der Waals surface area contributed by atoms with Crippen LogP contribution in [0.3, 0.4) is 0 Å². The van der Waals surface area contributed by atoms with Crippen LogP contribution >= 0.6 is 15.9 Å². The Labute approximate surface area is 127 Å². The smallest absolute Gasteiger partial charge is 0.181 e. The van der Waals surface area contributed by atoms with Crippen LogP contribution < -0.4 is 5.73 Å². The Morgan fingerprint density at radius 1 is 1.10 bits per heavy atom. The van der Waals surface area contributed by atoms with Crippen LogP contribution in [0.15, 0.2) is 57.9 Å². The predicted octanol–water partition coefficient (Wildman–Crippen LogP) is 3.23. The number of hydrogen-bond acceptors (Lipinski definition) is 3. The molecule has 106 valence electrons. The molecule has 5 heteroatoms. The SMILES string of the molecule is Cc1ccc(C(N)CS(=O)(=O)c2ccccc2Br)cc1. The highest BCUT2D eigenvalue weighted by molar-refractivity contribution is 9.10. The molecule has 3 nitrogen and oxygen atoms in total. The Morgan fingerprint density at radius 2 is 1.70 bits per heavy atom. The molecule has 2 aromatic carbocycles. The zero-order chi connectivity index (χ0) is 14.8. The van der Waals surface area contributed by atoms with Crippen LogP contribution in [0.2, 0.25) is 0 Å². The van der Waals surface area contributed by atoms with E-state index in [2.05, 4.69) is 15.9 Å². The summed E-state index contributed by atoms with van der Waals surface area (Å²) in [6.07, 6.45) is 0.